The van der Waals surface area contributed by atoms with Crippen LogP contribution in [0, 0.1) is 0 Å². The van der Waals surface area contributed by atoms with E-state index in [0.29, 0.717) is 5.25 Å². The topological polar surface area (TPSA) is 43.6 Å². The summed E-state index contributed by atoms with van der Waals surface area (Å²) in [5.41, 5.74) is 1.24. The standard InChI is InChI=1S/C11H13ClN4S/c1-3-10(8-4-6-9(12)7-5-8)17-11-13-14-15-16(11)2/h4-7,10H,3H2,1-2H3. The summed E-state index contributed by atoms with van der Waals surface area (Å²) in [5.74, 6) is 0. The molecule has 1 aromatic heterocycles. The highest BCUT2D eigenvalue weighted by molar-refractivity contribution is 7.99. The van der Waals surface area contributed by atoms with Crippen LogP contribution in [0.1, 0.15) is 24.2 Å². The molecule has 0 amide bonds. The van der Waals surface area contributed by atoms with Gasteiger partial charge in [-0.3, -0.25) is 0 Å². The molecule has 0 aliphatic heterocycles. The Balaban J connectivity index is 2.17. The van der Waals surface area contributed by atoms with Crippen LogP contribution in [0.25, 0.3) is 0 Å². The second kappa shape index (κ2) is 5.51. The first-order valence-electron chi connectivity index (χ1n) is 5.35. The van der Waals surface area contributed by atoms with Gasteiger partial charge in [0.05, 0.1) is 0 Å². The molecule has 6 heteroatoms. The third-order valence-corrected chi connectivity index (χ3v) is 4.14. The Kier molecular flexibility index (Phi) is 4.02. The summed E-state index contributed by atoms with van der Waals surface area (Å²) in [5, 5.41) is 13.4. The average molecular weight is 269 g/mol. The number of aryl methyl sites for hydroxylation is 1. The summed E-state index contributed by atoms with van der Waals surface area (Å²) in [6, 6.07) is 7.92. The predicted octanol–water partition coefficient (Wildman–Crippen LogP) is 3.11. The average Bonchev–Trinajstić information content (AvgIpc) is 2.73. The van der Waals surface area contributed by atoms with E-state index in [0.717, 1.165) is 16.6 Å². The van der Waals surface area contributed by atoms with Crippen molar-refractivity contribution in [1.29, 1.82) is 0 Å². The quantitative estimate of drug-likeness (QED) is 0.799. The van der Waals surface area contributed by atoms with Gasteiger partial charge < -0.3 is 0 Å². The first kappa shape index (κ1) is 12.4. The Morgan fingerprint density at radius 2 is 2.06 bits per heavy atom. The van der Waals surface area contributed by atoms with Crippen molar-refractivity contribution < 1.29 is 0 Å². The molecule has 2 aromatic rings. The number of aromatic nitrogens is 4. The number of nitrogens with zero attached hydrogens (tertiary/aromatic N) is 4. The summed E-state index contributed by atoms with van der Waals surface area (Å²) < 4.78 is 1.68. The first-order valence-corrected chi connectivity index (χ1v) is 6.61. The Morgan fingerprint density at radius 3 is 2.59 bits per heavy atom. The molecular weight excluding hydrogens is 256 g/mol. The lowest BCUT2D eigenvalue weighted by atomic mass is 10.1. The number of hydrogen-bond donors (Lipinski definition) is 0. The molecule has 0 bridgehead atoms. The number of tetrazole rings is 1. The van der Waals surface area contributed by atoms with Gasteiger partial charge in [0.25, 0.3) is 0 Å². The van der Waals surface area contributed by atoms with E-state index in [1.165, 1.54) is 5.56 Å². The Bertz CT molecular complexity index is 482. The molecule has 0 saturated heterocycles. The fourth-order valence-corrected chi connectivity index (χ4v) is 2.63. The second-order valence-corrected chi connectivity index (χ2v) is 5.26. The zero-order valence-electron chi connectivity index (χ0n) is 9.67. The van der Waals surface area contributed by atoms with Gasteiger partial charge in [-0.05, 0) is 34.5 Å². The van der Waals surface area contributed by atoms with E-state index in [9.17, 15) is 0 Å². The number of rotatable bonds is 4. The van der Waals surface area contributed by atoms with Gasteiger partial charge in [0, 0.05) is 17.3 Å². The van der Waals surface area contributed by atoms with Crippen molar-refractivity contribution in [3.8, 4) is 0 Å². The molecule has 0 fully saturated rings. The van der Waals surface area contributed by atoms with E-state index in [1.807, 2.05) is 31.3 Å². The maximum absolute atomic E-state index is 5.88. The molecule has 0 aliphatic rings. The molecule has 90 valence electrons. The molecule has 0 radical (unpaired) electrons. The summed E-state index contributed by atoms with van der Waals surface area (Å²) in [7, 11) is 1.84. The van der Waals surface area contributed by atoms with Crippen molar-refractivity contribution in [2.45, 2.75) is 23.8 Å². The molecule has 0 N–H and O–H groups in total. The second-order valence-electron chi connectivity index (χ2n) is 3.65. The molecule has 0 saturated carbocycles. The smallest absolute Gasteiger partial charge is 0.209 e. The molecule has 4 nitrogen and oxygen atoms in total. The monoisotopic (exact) mass is 268 g/mol. The van der Waals surface area contributed by atoms with Gasteiger partial charge in [0.15, 0.2) is 0 Å². The lowest BCUT2D eigenvalue weighted by Gasteiger charge is -2.13. The van der Waals surface area contributed by atoms with Crippen LogP contribution in [-0.4, -0.2) is 20.2 Å². The lowest BCUT2D eigenvalue weighted by molar-refractivity contribution is 0.662. The Labute approximate surface area is 109 Å². The van der Waals surface area contributed by atoms with Crippen molar-refractivity contribution in [1.82, 2.24) is 20.2 Å². The van der Waals surface area contributed by atoms with Crippen LogP contribution in [0.3, 0.4) is 0 Å². The maximum Gasteiger partial charge on any atom is 0.209 e. The Hall–Kier alpha value is -1.07. The number of hydrogen-bond acceptors (Lipinski definition) is 4. The van der Waals surface area contributed by atoms with Crippen molar-refractivity contribution in [3.63, 3.8) is 0 Å². The molecule has 1 aromatic carbocycles. The number of benzene rings is 1. The first-order chi connectivity index (χ1) is 8.20. The van der Waals surface area contributed by atoms with Crippen LogP contribution in [-0.2, 0) is 7.05 Å². The zero-order chi connectivity index (χ0) is 12.3. The number of thioether (sulfide) groups is 1. The van der Waals surface area contributed by atoms with Crippen LogP contribution < -0.4 is 0 Å². The lowest BCUT2D eigenvalue weighted by Crippen LogP contribution is -1.97. The zero-order valence-corrected chi connectivity index (χ0v) is 11.2. The molecule has 0 aliphatic carbocycles. The largest absolute Gasteiger partial charge is 0.224 e. The SMILES string of the molecule is CCC(Sc1nnnn1C)c1ccc(Cl)cc1. The van der Waals surface area contributed by atoms with Gasteiger partial charge in [-0.25, -0.2) is 4.68 Å². The van der Waals surface area contributed by atoms with Crippen LogP contribution >= 0.6 is 23.4 Å². The van der Waals surface area contributed by atoms with Gasteiger partial charge in [-0.2, -0.15) is 0 Å². The molecule has 1 heterocycles. The molecule has 0 spiro atoms. The highest BCUT2D eigenvalue weighted by Gasteiger charge is 2.14. The third kappa shape index (κ3) is 2.98. The Morgan fingerprint density at radius 1 is 1.35 bits per heavy atom. The van der Waals surface area contributed by atoms with E-state index in [-0.39, 0.29) is 0 Å². The molecule has 2 rings (SSSR count). The van der Waals surface area contributed by atoms with Gasteiger partial charge in [-0.15, -0.1) is 5.10 Å². The summed E-state index contributed by atoms with van der Waals surface area (Å²) in [6.45, 7) is 2.15. The van der Waals surface area contributed by atoms with Crippen molar-refractivity contribution >= 4 is 23.4 Å². The predicted molar refractivity (Wildman–Crippen MR) is 69.1 cm³/mol. The van der Waals surface area contributed by atoms with Crippen molar-refractivity contribution in [2.24, 2.45) is 7.05 Å². The summed E-state index contributed by atoms with van der Waals surface area (Å²) >= 11 is 7.55. The van der Waals surface area contributed by atoms with Gasteiger partial charge in [0.1, 0.15) is 0 Å². The highest BCUT2D eigenvalue weighted by Crippen LogP contribution is 2.36. The number of halogens is 1. The van der Waals surface area contributed by atoms with E-state index < -0.39 is 0 Å². The summed E-state index contributed by atoms with van der Waals surface area (Å²) in [6.07, 6.45) is 1.01. The molecule has 17 heavy (non-hydrogen) atoms. The van der Waals surface area contributed by atoms with Crippen LogP contribution in [0.4, 0.5) is 0 Å². The van der Waals surface area contributed by atoms with Crippen LogP contribution in [0.2, 0.25) is 5.02 Å². The van der Waals surface area contributed by atoms with Gasteiger partial charge >= 0.3 is 0 Å². The minimum Gasteiger partial charge on any atom is -0.224 e. The van der Waals surface area contributed by atoms with Crippen molar-refractivity contribution in [2.75, 3.05) is 0 Å². The van der Waals surface area contributed by atoms with Gasteiger partial charge in [-0.1, -0.05) is 42.4 Å². The van der Waals surface area contributed by atoms with Crippen LogP contribution in [0.15, 0.2) is 29.4 Å². The van der Waals surface area contributed by atoms with Crippen LogP contribution in [0.5, 0.6) is 0 Å². The van der Waals surface area contributed by atoms with Gasteiger partial charge in [0.2, 0.25) is 5.16 Å². The van der Waals surface area contributed by atoms with E-state index in [4.69, 9.17) is 11.6 Å². The molecular formula is C11H13ClN4S. The highest BCUT2D eigenvalue weighted by atomic mass is 35.5. The van der Waals surface area contributed by atoms with E-state index in [2.05, 4.69) is 22.4 Å². The summed E-state index contributed by atoms with van der Waals surface area (Å²) in [4.78, 5) is 0. The van der Waals surface area contributed by atoms with E-state index >= 15 is 0 Å². The third-order valence-electron chi connectivity index (χ3n) is 2.44. The van der Waals surface area contributed by atoms with E-state index in [1.54, 1.807) is 16.4 Å². The maximum atomic E-state index is 5.88. The normalized spacial score (nSPS) is 12.6. The fourth-order valence-electron chi connectivity index (χ4n) is 1.51. The fraction of sp³-hybridized carbons (Fsp3) is 0.364. The molecule has 1 atom stereocenters. The molecule has 1 unspecified atom stereocenters. The minimum absolute atomic E-state index is 0.344. The van der Waals surface area contributed by atoms with Crippen molar-refractivity contribution in [3.05, 3.63) is 34.9 Å². The minimum atomic E-state index is 0.344.